The number of piperidine rings is 2. The van der Waals surface area contributed by atoms with Crippen LogP contribution in [-0.4, -0.2) is 65.7 Å². The molecule has 2 aromatic carbocycles. The zero-order valence-corrected chi connectivity index (χ0v) is 27.0. The number of benzene rings is 2. The van der Waals surface area contributed by atoms with E-state index >= 15 is 0 Å². The molecular formula is C34H41Cl2N5O3. The SMILES string of the molecule is CC1(C)CC(=O)C2=C(C1)Nc1ccccc1N(CC(=O)N1CCC(C(N)=O)(N3CCCCC3)CC1)C2c1ccc(Cl)c(Cl)c1. The van der Waals surface area contributed by atoms with Crippen molar-refractivity contribution < 1.29 is 14.4 Å². The zero-order valence-electron chi connectivity index (χ0n) is 25.5. The van der Waals surface area contributed by atoms with Crippen molar-refractivity contribution in [3.05, 3.63) is 69.3 Å². The lowest BCUT2D eigenvalue weighted by Crippen LogP contribution is -2.64. The number of hydrogen-bond donors (Lipinski definition) is 2. The number of rotatable bonds is 5. The Labute approximate surface area is 269 Å². The number of likely N-dealkylation sites (tertiary alicyclic amines) is 2. The molecule has 0 spiro atoms. The second kappa shape index (κ2) is 12.0. The average Bonchev–Trinajstić information content (AvgIpc) is 3.12. The lowest BCUT2D eigenvalue weighted by Gasteiger charge is -2.48. The van der Waals surface area contributed by atoms with Gasteiger partial charge in [-0.25, -0.2) is 0 Å². The van der Waals surface area contributed by atoms with E-state index in [0.717, 1.165) is 48.6 Å². The van der Waals surface area contributed by atoms with Gasteiger partial charge in [0.1, 0.15) is 5.54 Å². The minimum absolute atomic E-state index is 0.0460. The molecule has 44 heavy (non-hydrogen) atoms. The second-order valence-electron chi connectivity index (χ2n) is 13.5. The molecule has 1 aliphatic carbocycles. The van der Waals surface area contributed by atoms with Crippen molar-refractivity contribution in [1.82, 2.24) is 9.80 Å². The number of Topliss-reactive ketones (excluding diaryl/α,β-unsaturated/α-hetero) is 1. The Bertz CT molecular complexity index is 1510. The summed E-state index contributed by atoms with van der Waals surface area (Å²) in [7, 11) is 0. The third-order valence-corrected chi connectivity index (χ3v) is 10.7. The van der Waals surface area contributed by atoms with Crippen LogP contribution in [0.4, 0.5) is 11.4 Å². The largest absolute Gasteiger partial charge is 0.368 e. The van der Waals surface area contributed by atoms with Gasteiger partial charge in [-0.15, -0.1) is 0 Å². The van der Waals surface area contributed by atoms with Gasteiger partial charge < -0.3 is 20.9 Å². The summed E-state index contributed by atoms with van der Waals surface area (Å²) in [5.41, 5.74) is 9.09. The molecule has 2 aromatic rings. The van der Waals surface area contributed by atoms with Crippen LogP contribution in [0.25, 0.3) is 0 Å². The molecule has 3 heterocycles. The van der Waals surface area contributed by atoms with Gasteiger partial charge in [0.25, 0.3) is 0 Å². The third kappa shape index (κ3) is 5.72. The molecule has 0 bridgehead atoms. The van der Waals surface area contributed by atoms with E-state index in [1.165, 1.54) is 6.42 Å². The van der Waals surface area contributed by atoms with Crippen LogP contribution >= 0.6 is 23.2 Å². The summed E-state index contributed by atoms with van der Waals surface area (Å²) in [5.74, 6) is -0.304. The molecule has 0 radical (unpaired) electrons. The fourth-order valence-electron chi connectivity index (χ4n) is 7.67. The summed E-state index contributed by atoms with van der Waals surface area (Å²) < 4.78 is 0. The molecule has 10 heteroatoms. The van der Waals surface area contributed by atoms with E-state index in [2.05, 4.69) is 24.1 Å². The van der Waals surface area contributed by atoms with Crippen LogP contribution in [0, 0.1) is 5.41 Å². The highest BCUT2D eigenvalue weighted by atomic mass is 35.5. The molecule has 6 rings (SSSR count). The number of carbonyl (C=O) groups is 3. The first-order valence-electron chi connectivity index (χ1n) is 15.7. The normalized spacial score (nSPS) is 23.4. The summed E-state index contributed by atoms with van der Waals surface area (Å²) in [6.07, 6.45) is 5.42. The number of fused-ring (bicyclic) bond motifs is 1. The summed E-state index contributed by atoms with van der Waals surface area (Å²) in [6, 6.07) is 12.8. The molecule has 4 aliphatic rings. The van der Waals surface area contributed by atoms with Gasteiger partial charge in [0.2, 0.25) is 11.8 Å². The summed E-state index contributed by atoms with van der Waals surface area (Å²) in [6.45, 7) is 6.88. The van der Waals surface area contributed by atoms with E-state index in [9.17, 15) is 14.4 Å². The van der Waals surface area contributed by atoms with Crippen LogP contribution < -0.4 is 16.0 Å². The monoisotopic (exact) mass is 637 g/mol. The van der Waals surface area contributed by atoms with Crippen molar-refractivity contribution in [3.63, 3.8) is 0 Å². The molecule has 2 amide bonds. The van der Waals surface area contributed by atoms with Gasteiger partial charge in [0, 0.05) is 30.8 Å². The minimum Gasteiger partial charge on any atom is -0.368 e. The Kier molecular flexibility index (Phi) is 8.46. The second-order valence-corrected chi connectivity index (χ2v) is 14.3. The Morgan fingerprint density at radius 2 is 1.66 bits per heavy atom. The van der Waals surface area contributed by atoms with Crippen molar-refractivity contribution >= 4 is 52.2 Å². The number of allylic oxidation sites excluding steroid dienone is 1. The number of primary amides is 1. The number of ketones is 1. The quantitative estimate of drug-likeness (QED) is 0.421. The summed E-state index contributed by atoms with van der Waals surface area (Å²) >= 11 is 12.9. The van der Waals surface area contributed by atoms with Gasteiger partial charge in [0.05, 0.1) is 34.0 Å². The number of nitrogens with one attached hydrogen (secondary N) is 1. The maximum absolute atomic E-state index is 14.2. The lowest BCUT2D eigenvalue weighted by molar-refractivity contribution is -0.141. The first kappa shape index (κ1) is 30.9. The smallest absolute Gasteiger partial charge is 0.242 e. The van der Waals surface area contributed by atoms with Crippen LogP contribution in [0.2, 0.25) is 10.0 Å². The molecule has 2 saturated heterocycles. The van der Waals surface area contributed by atoms with Crippen LogP contribution in [0.15, 0.2) is 53.7 Å². The van der Waals surface area contributed by atoms with Crippen LogP contribution in [0.3, 0.4) is 0 Å². The van der Waals surface area contributed by atoms with E-state index in [0.29, 0.717) is 54.4 Å². The van der Waals surface area contributed by atoms with Crippen molar-refractivity contribution in [2.24, 2.45) is 11.1 Å². The highest BCUT2D eigenvalue weighted by Gasteiger charge is 2.47. The van der Waals surface area contributed by atoms with E-state index in [4.69, 9.17) is 28.9 Å². The molecular weight excluding hydrogens is 597 g/mol. The molecule has 1 atom stereocenters. The molecule has 3 N–H and O–H groups in total. The van der Waals surface area contributed by atoms with Crippen molar-refractivity contribution in [1.29, 1.82) is 0 Å². The number of hydrogen-bond acceptors (Lipinski definition) is 6. The minimum atomic E-state index is -0.708. The maximum atomic E-state index is 14.2. The highest BCUT2D eigenvalue weighted by molar-refractivity contribution is 6.42. The predicted molar refractivity (Wildman–Crippen MR) is 175 cm³/mol. The van der Waals surface area contributed by atoms with Gasteiger partial charge in [-0.2, -0.15) is 0 Å². The predicted octanol–water partition coefficient (Wildman–Crippen LogP) is 5.94. The fraction of sp³-hybridized carbons (Fsp3) is 0.500. The number of nitrogens with zero attached hydrogens (tertiary/aromatic N) is 3. The van der Waals surface area contributed by atoms with E-state index < -0.39 is 11.6 Å². The molecule has 8 nitrogen and oxygen atoms in total. The molecule has 0 aromatic heterocycles. The average molecular weight is 639 g/mol. The number of nitrogens with two attached hydrogens (primary N) is 1. The van der Waals surface area contributed by atoms with Gasteiger partial charge in [-0.3, -0.25) is 19.3 Å². The molecule has 2 fully saturated rings. The molecule has 3 aliphatic heterocycles. The zero-order chi connectivity index (χ0) is 31.2. The van der Waals surface area contributed by atoms with Gasteiger partial charge in [-0.1, -0.05) is 61.7 Å². The first-order chi connectivity index (χ1) is 21.0. The number of para-hydroxylation sites is 2. The summed E-state index contributed by atoms with van der Waals surface area (Å²) in [4.78, 5) is 47.1. The van der Waals surface area contributed by atoms with E-state index in [1.54, 1.807) is 12.1 Å². The number of amides is 2. The Balaban J connectivity index is 1.36. The van der Waals surface area contributed by atoms with E-state index in [1.807, 2.05) is 40.1 Å². The first-order valence-corrected chi connectivity index (χ1v) is 16.4. The number of halogens is 2. The Hall–Kier alpha value is -3.07. The lowest BCUT2D eigenvalue weighted by atomic mass is 9.73. The van der Waals surface area contributed by atoms with Crippen LogP contribution in [0.5, 0.6) is 0 Å². The van der Waals surface area contributed by atoms with E-state index in [-0.39, 0.29) is 29.6 Å². The Morgan fingerprint density at radius 1 is 0.955 bits per heavy atom. The number of carbonyl (C=O) groups excluding carboxylic acids is 3. The van der Waals surface area contributed by atoms with Crippen LogP contribution in [-0.2, 0) is 14.4 Å². The van der Waals surface area contributed by atoms with Crippen molar-refractivity contribution in [2.75, 3.05) is 42.9 Å². The molecule has 0 saturated carbocycles. The highest BCUT2D eigenvalue weighted by Crippen LogP contribution is 2.48. The van der Waals surface area contributed by atoms with Gasteiger partial charge in [0.15, 0.2) is 5.78 Å². The van der Waals surface area contributed by atoms with Crippen LogP contribution in [0.1, 0.15) is 70.4 Å². The molecule has 234 valence electrons. The standard InChI is InChI=1S/C34H41Cl2N5O3/c1-33(2)19-26-30(28(42)20-33)31(22-10-11-23(35)24(36)18-22)41(27-9-5-4-8-25(27)38-26)21-29(43)39-16-12-34(13-17-39,32(37)44)40-14-6-3-7-15-40/h4-5,8-11,18,31,38H,3,6-7,12-17,19-21H2,1-2H3,(H2,37,44). The van der Waals surface area contributed by atoms with Crippen molar-refractivity contribution in [3.8, 4) is 0 Å². The van der Waals surface area contributed by atoms with Gasteiger partial charge in [-0.05, 0) is 80.4 Å². The maximum Gasteiger partial charge on any atom is 0.242 e. The fourth-order valence-corrected chi connectivity index (χ4v) is 7.98. The van der Waals surface area contributed by atoms with Crippen molar-refractivity contribution in [2.45, 2.75) is 70.4 Å². The topological polar surface area (TPSA) is 99.0 Å². The Morgan fingerprint density at radius 3 is 2.34 bits per heavy atom. The molecule has 1 unspecified atom stereocenters. The third-order valence-electron chi connectivity index (χ3n) is 9.93. The summed E-state index contributed by atoms with van der Waals surface area (Å²) in [5, 5.41) is 4.41. The van der Waals surface area contributed by atoms with Gasteiger partial charge >= 0.3 is 0 Å². The number of anilines is 2.